The zero-order valence-corrected chi connectivity index (χ0v) is 13.0. The molecule has 108 valence electrons. The van der Waals surface area contributed by atoms with E-state index in [0.717, 1.165) is 24.0 Å². The summed E-state index contributed by atoms with van der Waals surface area (Å²) in [7, 11) is 1.97. The van der Waals surface area contributed by atoms with E-state index in [4.69, 9.17) is 11.6 Å². The predicted octanol–water partition coefficient (Wildman–Crippen LogP) is 3.96. The maximum Gasteiger partial charge on any atom is 0.138 e. The fourth-order valence-corrected chi connectivity index (χ4v) is 3.61. The summed E-state index contributed by atoms with van der Waals surface area (Å²) < 4.78 is 1.89. The minimum atomic E-state index is 0.255. The molecule has 1 aliphatic rings. The Kier molecular flexibility index (Phi) is 5.26. The van der Waals surface area contributed by atoms with Crippen LogP contribution >= 0.6 is 11.6 Å². The number of halogens is 1. The van der Waals surface area contributed by atoms with Crippen LogP contribution in [0.5, 0.6) is 0 Å². The lowest BCUT2D eigenvalue weighted by Crippen LogP contribution is -2.32. The van der Waals surface area contributed by atoms with Gasteiger partial charge in [0.1, 0.15) is 12.2 Å². The first-order valence-electron chi connectivity index (χ1n) is 7.58. The van der Waals surface area contributed by atoms with Crippen LogP contribution in [0.4, 0.5) is 0 Å². The van der Waals surface area contributed by atoms with Crippen molar-refractivity contribution in [2.75, 3.05) is 5.88 Å². The van der Waals surface area contributed by atoms with Gasteiger partial charge >= 0.3 is 0 Å². The first-order chi connectivity index (χ1) is 9.19. The number of hydrogen-bond acceptors (Lipinski definition) is 2. The molecule has 0 aromatic carbocycles. The number of aromatic nitrogens is 3. The highest BCUT2D eigenvalue weighted by Crippen LogP contribution is 2.43. The SMILES string of the molecule is CCCCC1CCC(CCl)(Cc2ncnn2C)CC1. The summed E-state index contributed by atoms with van der Waals surface area (Å²) in [6, 6.07) is 0. The smallest absolute Gasteiger partial charge is 0.138 e. The average Bonchev–Trinajstić information content (AvgIpc) is 2.83. The van der Waals surface area contributed by atoms with Crippen molar-refractivity contribution in [3.8, 4) is 0 Å². The molecule has 1 aromatic rings. The van der Waals surface area contributed by atoms with Crippen molar-refractivity contribution in [1.29, 1.82) is 0 Å². The quantitative estimate of drug-likeness (QED) is 0.740. The highest BCUT2D eigenvalue weighted by atomic mass is 35.5. The van der Waals surface area contributed by atoms with Crippen LogP contribution in [-0.2, 0) is 13.5 Å². The Balaban J connectivity index is 1.92. The van der Waals surface area contributed by atoms with Crippen molar-refractivity contribution in [1.82, 2.24) is 14.8 Å². The van der Waals surface area contributed by atoms with Crippen LogP contribution in [0.25, 0.3) is 0 Å². The zero-order chi connectivity index (χ0) is 13.7. The second-order valence-electron chi connectivity index (χ2n) is 6.20. The van der Waals surface area contributed by atoms with Gasteiger partial charge in [0.05, 0.1) is 0 Å². The van der Waals surface area contributed by atoms with Crippen molar-refractivity contribution in [2.24, 2.45) is 18.4 Å². The zero-order valence-electron chi connectivity index (χ0n) is 12.2. The van der Waals surface area contributed by atoms with Gasteiger partial charge in [0.15, 0.2) is 0 Å². The molecule has 0 N–H and O–H groups in total. The van der Waals surface area contributed by atoms with E-state index in [2.05, 4.69) is 17.0 Å². The molecular formula is C15H26ClN3. The van der Waals surface area contributed by atoms with Crippen molar-refractivity contribution in [2.45, 2.75) is 58.3 Å². The molecule has 0 unspecified atom stereocenters. The second-order valence-corrected chi connectivity index (χ2v) is 6.46. The highest BCUT2D eigenvalue weighted by Gasteiger charge is 2.35. The van der Waals surface area contributed by atoms with Crippen LogP contribution in [0.15, 0.2) is 6.33 Å². The van der Waals surface area contributed by atoms with E-state index in [1.165, 1.54) is 44.9 Å². The van der Waals surface area contributed by atoms with E-state index in [1.54, 1.807) is 6.33 Å². The van der Waals surface area contributed by atoms with Gasteiger partial charge in [-0.1, -0.05) is 26.2 Å². The molecule has 1 aromatic heterocycles. The third-order valence-corrected chi connectivity index (χ3v) is 5.32. The van der Waals surface area contributed by atoms with Gasteiger partial charge in [-0.25, -0.2) is 4.98 Å². The van der Waals surface area contributed by atoms with E-state index in [-0.39, 0.29) is 5.41 Å². The number of rotatable bonds is 6. The Hall–Kier alpha value is -0.570. The van der Waals surface area contributed by atoms with Crippen LogP contribution in [-0.4, -0.2) is 20.6 Å². The van der Waals surface area contributed by atoms with Crippen molar-refractivity contribution < 1.29 is 0 Å². The normalized spacial score (nSPS) is 27.6. The van der Waals surface area contributed by atoms with Gasteiger partial charge in [0.25, 0.3) is 0 Å². The molecule has 0 radical (unpaired) electrons. The van der Waals surface area contributed by atoms with Crippen LogP contribution < -0.4 is 0 Å². The summed E-state index contributed by atoms with van der Waals surface area (Å²) in [5.74, 6) is 2.75. The summed E-state index contributed by atoms with van der Waals surface area (Å²) >= 11 is 6.30. The molecule has 4 heteroatoms. The molecule has 0 aliphatic heterocycles. The van der Waals surface area contributed by atoms with Gasteiger partial charge in [0, 0.05) is 19.3 Å². The van der Waals surface area contributed by atoms with Crippen LogP contribution in [0.3, 0.4) is 0 Å². The lowest BCUT2D eigenvalue weighted by atomic mass is 9.68. The number of alkyl halides is 1. The third-order valence-electron chi connectivity index (χ3n) is 4.75. The molecule has 0 atom stereocenters. The van der Waals surface area contributed by atoms with Gasteiger partial charge in [-0.05, 0) is 37.0 Å². The van der Waals surface area contributed by atoms with E-state index in [0.29, 0.717) is 0 Å². The third kappa shape index (κ3) is 3.71. The molecule has 0 spiro atoms. The van der Waals surface area contributed by atoms with E-state index >= 15 is 0 Å². The minimum Gasteiger partial charge on any atom is -0.253 e. The topological polar surface area (TPSA) is 30.7 Å². The van der Waals surface area contributed by atoms with Gasteiger partial charge in [-0.15, -0.1) is 11.6 Å². The Labute approximate surface area is 121 Å². The minimum absolute atomic E-state index is 0.255. The molecular weight excluding hydrogens is 258 g/mol. The Morgan fingerprint density at radius 2 is 2.16 bits per heavy atom. The van der Waals surface area contributed by atoms with Gasteiger partial charge in [0.2, 0.25) is 0 Å². The first-order valence-corrected chi connectivity index (χ1v) is 8.11. The summed E-state index contributed by atoms with van der Waals surface area (Å²) in [6.07, 6.45) is 11.9. The average molecular weight is 284 g/mol. The number of hydrogen-bond donors (Lipinski definition) is 0. The van der Waals surface area contributed by atoms with Crippen LogP contribution in [0.2, 0.25) is 0 Å². The van der Waals surface area contributed by atoms with E-state index in [1.807, 2.05) is 11.7 Å². The molecule has 1 heterocycles. The fourth-order valence-electron chi connectivity index (χ4n) is 3.24. The Bertz CT molecular complexity index is 380. The molecule has 3 nitrogen and oxygen atoms in total. The van der Waals surface area contributed by atoms with Crippen molar-refractivity contribution in [3.05, 3.63) is 12.2 Å². The van der Waals surface area contributed by atoms with Gasteiger partial charge in [-0.3, -0.25) is 4.68 Å². The monoisotopic (exact) mass is 283 g/mol. The molecule has 2 rings (SSSR count). The molecule has 1 aliphatic carbocycles. The Morgan fingerprint density at radius 1 is 1.42 bits per heavy atom. The lowest BCUT2D eigenvalue weighted by molar-refractivity contribution is 0.162. The van der Waals surface area contributed by atoms with Crippen LogP contribution in [0, 0.1) is 11.3 Å². The molecule has 1 fully saturated rings. The van der Waals surface area contributed by atoms with Crippen LogP contribution in [0.1, 0.15) is 57.7 Å². The largest absolute Gasteiger partial charge is 0.253 e. The van der Waals surface area contributed by atoms with Crippen molar-refractivity contribution in [3.63, 3.8) is 0 Å². The molecule has 19 heavy (non-hydrogen) atoms. The standard InChI is InChI=1S/C15H26ClN3/c1-3-4-5-13-6-8-15(11-16,9-7-13)10-14-17-12-18-19(14)2/h12-13H,3-11H2,1-2H3. The summed E-state index contributed by atoms with van der Waals surface area (Å²) in [6.45, 7) is 2.28. The maximum absolute atomic E-state index is 6.30. The van der Waals surface area contributed by atoms with E-state index < -0.39 is 0 Å². The summed E-state index contributed by atoms with van der Waals surface area (Å²) in [5, 5.41) is 4.17. The second kappa shape index (κ2) is 6.74. The lowest BCUT2D eigenvalue weighted by Gasteiger charge is -2.38. The van der Waals surface area contributed by atoms with Gasteiger partial charge < -0.3 is 0 Å². The van der Waals surface area contributed by atoms with Crippen molar-refractivity contribution >= 4 is 11.6 Å². The summed E-state index contributed by atoms with van der Waals surface area (Å²) in [4.78, 5) is 4.36. The molecule has 0 bridgehead atoms. The summed E-state index contributed by atoms with van der Waals surface area (Å²) in [5.41, 5.74) is 0.255. The van der Waals surface area contributed by atoms with E-state index in [9.17, 15) is 0 Å². The number of unbranched alkanes of at least 4 members (excludes halogenated alkanes) is 1. The first kappa shape index (κ1) is 14.8. The molecule has 1 saturated carbocycles. The Morgan fingerprint density at radius 3 is 2.68 bits per heavy atom. The predicted molar refractivity (Wildman–Crippen MR) is 79.3 cm³/mol. The number of aryl methyl sites for hydroxylation is 1. The molecule has 0 saturated heterocycles. The number of nitrogens with zero attached hydrogens (tertiary/aromatic N) is 3. The van der Waals surface area contributed by atoms with Gasteiger partial charge in [-0.2, -0.15) is 5.10 Å². The highest BCUT2D eigenvalue weighted by molar-refractivity contribution is 6.18. The fraction of sp³-hybridized carbons (Fsp3) is 0.867. The maximum atomic E-state index is 6.30. The molecule has 0 amide bonds.